The van der Waals surface area contributed by atoms with Crippen LogP contribution in [0.4, 0.5) is 0 Å². The number of aliphatic hydroxyl groups excluding tert-OH is 1. The maximum Gasteiger partial charge on any atom is 0.268 e. The summed E-state index contributed by atoms with van der Waals surface area (Å²) >= 11 is 0. The monoisotopic (exact) mass is 404 g/mol. The fourth-order valence-corrected chi connectivity index (χ4v) is 3.44. The van der Waals surface area contributed by atoms with E-state index in [1.54, 1.807) is 10.8 Å². The predicted molar refractivity (Wildman–Crippen MR) is 115 cm³/mol. The van der Waals surface area contributed by atoms with Gasteiger partial charge in [-0.3, -0.25) is 4.79 Å². The fourth-order valence-electron chi connectivity index (χ4n) is 3.44. The van der Waals surface area contributed by atoms with Crippen molar-refractivity contribution in [2.75, 3.05) is 6.61 Å². The van der Waals surface area contributed by atoms with Crippen LogP contribution in [0.25, 0.3) is 16.5 Å². The second kappa shape index (κ2) is 8.84. The third kappa shape index (κ3) is 4.52. The van der Waals surface area contributed by atoms with Crippen molar-refractivity contribution in [2.45, 2.75) is 25.5 Å². The van der Waals surface area contributed by atoms with Crippen LogP contribution in [0.3, 0.4) is 0 Å². The largest absolute Gasteiger partial charge is 0.491 e. The average Bonchev–Trinajstić information content (AvgIpc) is 3.43. The molecule has 0 saturated carbocycles. The Labute approximate surface area is 174 Å². The van der Waals surface area contributed by atoms with Gasteiger partial charge in [-0.2, -0.15) is 0 Å². The minimum absolute atomic E-state index is 0.194. The van der Waals surface area contributed by atoms with Crippen LogP contribution >= 0.6 is 0 Å². The molecule has 0 unspecified atom stereocenters. The number of hydrogen-bond acceptors (Lipinski definition) is 4. The molecule has 154 valence electrons. The summed E-state index contributed by atoms with van der Waals surface area (Å²) in [4.78, 5) is 15.0. The number of nitrogens with two attached hydrogens (primary N) is 1. The second-order valence-corrected chi connectivity index (χ2v) is 7.22. The summed E-state index contributed by atoms with van der Waals surface area (Å²) in [5, 5.41) is 12.5. The Balaban J connectivity index is 1.37. The molecule has 0 bridgehead atoms. The van der Waals surface area contributed by atoms with Gasteiger partial charge in [-0.05, 0) is 47.9 Å². The van der Waals surface area contributed by atoms with E-state index in [1.807, 2.05) is 41.2 Å². The lowest BCUT2D eigenvalue weighted by atomic mass is 10.1. The van der Waals surface area contributed by atoms with Crippen LogP contribution in [0.2, 0.25) is 0 Å². The van der Waals surface area contributed by atoms with Crippen molar-refractivity contribution in [1.82, 2.24) is 14.1 Å². The highest BCUT2D eigenvalue weighted by Crippen LogP contribution is 2.29. The van der Waals surface area contributed by atoms with Gasteiger partial charge >= 0.3 is 0 Å². The van der Waals surface area contributed by atoms with Gasteiger partial charge in [0.05, 0.1) is 24.7 Å². The number of fused-ring (bicyclic) bond motifs is 1. The van der Waals surface area contributed by atoms with Crippen molar-refractivity contribution in [1.29, 1.82) is 0 Å². The zero-order valence-corrected chi connectivity index (χ0v) is 16.5. The molecule has 7 heteroatoms. The first-order valence-corrected chi connectivity index (χ1v) is 9.89. The summed E-state index contributed by atoms with van der Waals surface area (Å²) in [6.45, 7) is 0.838. The van der Waals surface area contributed by atoms with Crippen LogP contribution in [0.1, 0.15) is 23.3 Å². The summed E-state index contributed by atoms with van der Waals surface area (Å²) in [5.74, 6) is 0.227. The van der Waals surface area contributed by atoms with E-state index < -0.39 is 12.0 Å². The number of carbonyl (C=O) groups excluding carboxylic acids is 1. The first kappa shape index (κ1) is 19.7. The van der Waals surface area contributed by atoms with E-state index in [4.69, 9.17) is 10.5 Å². The topological polar surface area (TPSA) is 95.3 Å². The normalized spacial score (nSPS) is 12.2. The Bertz CT molecular complexity index is 1130. The molecule has 0 saturated heterocycles. The number of benzene rings is 2. The number of nitrogens with zero attached hydrogens (tertiary/aromatic N) is 3. The molecule has 0 aliphatic heterocycles. The molecule has 2 aromatic carbocycles. The van der Waals surface area contributed by atoms with E-state index in [2.05, 4.69) is 29.2 Å². The quantitative estimate of drug-likeness (QED) is 0.419. The van der Waals surface area contributed by atoms with Gasteiger partial charge in [-0.1, -0.05) is 24.3 Å². The SMILES string of the molecule is NC(=O)c1cn(C[C@@H](O)CCCOc2cc3ccccc3cc2-n2cccc2)cn1. The molecule has 4 rings (SSSR count). The standard InChI is InChI=1S/C23H24N4O3/c24-23(29)20-15-26(16-25-20)14-19(28)8-5-11-30-22-13-18-7-2-1-6-17(18)12-21(22)27-9-3-4-10-27/h1-4,6-7,9-10,12-13,15-16,19,28H,5,8,11,14H2,(H2,24,29)/t19-/m0/s1. The van der Waals surface area contributed by atoms with Crippen LogP contribution in [0, 0.1) is 0 Å². The molecule has 0 spiro atoms. The highest BCUT2D eigenvalue weighted by atomic mass is 16.5. The zero-order chi connectivity index (χ0) is 20.9. The van der Waals surface area contributed by atoms with Gasteiger partial charge in [0.15, 0.2) is 0 Å². The van der Waals surface area contributed by atoms with Gasteiger partial charge < -0.3 is 24.7 Å². The lowest BCUT2D eigenvalue weighted by molar-refractivity contribution is 0.0995. The molecule has 2 aromatic heterocycles. The maximum atomic E-state index is 11.1. The molecule has 0 aliphatic rings. The Morgan fingerprint density at radius 2 is 1.87 bits per heavy atom. The number of primary amides is 1. The number of carbonyl (C=O) groups is 1. The summed E-state index contributed by atoms with van der Waals surface area (Å²) in [7, 11) is 0. The van der Waals surface area contributed by atoms with Crippen molar-refractivity contribution >= 4 is 16.7 Å². The number of aromatic nitrogens is 3. The molecular formula is C23H24N4O3. The van der Waals surface area contributed by atoms with Crippen molar-refractivity contribution in [2.24, 2.45) is 5.73 Å². The van der Waals surface area contributed by atoms with Crippen molar-refractivity contribution in [3.8, 4) is 11.4 Å². The van der Waals surface area contributed by atoms with Crippen molar-refractivity contribution in [3.63, 3.8) is 0 Å². The number of amides is 1. The molecule has 3 N–H and O–H groups in total. The number of rotatable bonds is 9. The van der Waals surface area contributed by atoms with Gasteiger partial charge in [0, 0.05) is 25.1 Å². The number of imidazole rings is 1. The van der Waals surface area contributed by atoms with E-state index in [1.165, 1.54) is 6.33 Å². The van der Waals surface area contributed by atoms with Crippen LogP contribution in [0.15, 0.2) is 73.4 Å². The molecule has 0 aliphatic carbocycles. The summed E-state index contributed by atoms with van der Waals surface area (Å²) in [5.41, 5.74) is 6.37. The Kier molecular flexibility index (Phi) is 5.81. The van der Waals surface area contributed by atoms with E-state index >= 15 is 0 Å². The molecule has 0 radical (unpaired) electrons. The third-order valence-corrected chi connectivity index (χ3v) is 4.96. The molecule has 2 heterocycles. The lowest BCUT2D eigenvalue weighted by Crippen LogP contribution is -2.16. The summed E-state index contributed by atoms with van der Waals surface area (Å²) in [6.07, 6.45) is 7.72. The average molecular weight is 404 g/mol. The highest BCUT2D eigenvalue weighted by Gasteiger charge is 2.11. The molecule has 0 fully saturated rings. The van der Waals surface area contributed by atoms with Gasteiger partial charge in [-0.25, -0.2) is 4.98 Å². The van der Waals surface area contributed by atoms with Gasteiger partial charge in [-0.15, -0.1) is 0 Å². The first-order chi connectivity index (χ1) is 14.6. The van der Waals surface area contributed by atoms with Crippen LogP contribution in [-0.4, -0.2) is 37.8 Å². The fraction of sp³-hybridized carbons (Fsp3) is 0.217. The zero-order valence-electron chi connectivity index (χ0n) is 16.5. The second-order valence-electron chi connectivity index (χ2n) is 7.22. The van der Waals surface area contributed by atoms with Crippen LogP contribution < -0.4 is 10.5 Å². The number of ether oxygens (including phenoxy) is 1. The minimum atomic E-state index is -0.578. The minimum Gasteiger partial charge on any atom is -0.491 e. The van der Waals surface area contributed by atoms with E-state index in [0.29, 0.717) is 26.0 Å². The molecule has 1 amide bonds. The Hall–Kier alpha value is -3.58. The molecule has 30 heavy (non-hydrogen) atoms. The summed E-state index contributed by atoms with van der Waals surface area (Å²) in [6, 6.07) is 16.3. The molecule has 7 nitrogen and oxygen atoms in total. The van der Waals surface area contributed by atoms with E-state index in [0.717, 1.165) is 22.2 Å². The smallest absolute Gasteiger partial charge is 0.268 e. The van der Waals surface area contributed by atoms with Gasteiger partial charge in [0.1, 0.15) is 11.4 Å². The van der Waals surface area contributed by atoms with Gasteiger partial charge in [0.25, 0.3) is 5.91 Å². The molecule has 4 aromatic rings. The third-order valence-electron chi connectivity index (χ3n) is 4.96. The van der Waals surface area contributed by atoms with Gasteiger partial charge in [0.2, 0.25) is 0 Å². The Morgan fingerprint density at radius 3 is 2.57 bits per heavy atom. The lowest BCUT2D eigenvalue weighted by Gasteiger charge is -2.15. The van der Waals surface area contributed by atoms with Crippen molar-refractivity contribution < 1.29 is 14.6 Å². The van der Waals surface area contributed by atoms with Crippen molar-refractivity contribution in [3.05, 3.63) is 79.1 Å². The number of aliphatic hydroxyl groups is 1. The van der Waals surface area contributed by atoms with Crippen LogP contribution in [-0.2, 0) is 6.54 Å². The molecular weight excluding hydrogens is 380 g/mol. The molecule has 1 atom stereocenters. The number of hydrogen-bond donors (Lipinski definition) is 2. The summed E-state index contributed by atoms with van der Waals surface area (Å²) < 4.78 is 9.79. The van der Waals surface area contributed by atoms with E-state index in [-0.39, 0.29) is 5.69 Å². The van der Waals surface area contributed by atoms with Crippen LogP contribution in [0.5, 0.6) is 5.75 Å². The predicted octanol–water partition coefficient (Wildman–Crippen LogP) is 3.15. The Morgan fingerprint density at radius 1 is 1.13 bits per heavy atom. The highest BCUT2D eigenvalue weighted by molar-refractivity contribution is 5.90. The van der Waals surface area contributed by atoms with E-state index in [9.17, 15) is 9.90 Å². The first-order valence-electron chi connectivity index (χ1n) is 9.89. The maximum absolute atomic E-state index is 11.1.